The summed E-state index contributed by atoms with van der Waals surface area (Å²) in [7, 11) is 1.46. The average Bonchev–Trinajstić information content (AvgIpc) is 3.13. The van der Waals surface area contributed by atoms with E-state index >= 15 is 0 Å². The van der Waals surface area contributed by atoms with Crippen LogP contribution in [0.15, 0.2) is 6.07 Å². The van der Waals surface area contributed by atoms with Crippen molar-refractivity contribution in [2.75, 3.05) is 39.8 Å². The molecule has 3 rings (SSSR count). The zero-order valence-electron chi connectivity index (χ0n) is 14.5. The van der Waals surface area contributed by atoms with Gasteiger partial charge in [0.15, 0.2) is 0 Å². The van der Waals surface area contributed by atoms with Gasteiger partial charge in [-0.2, -0.15) is 5.10 Å². The van der Waals surface area contributed by atoms with Crippen LogP contribution in [0.1, 0.15) is 36.7 Å². The Labute approximate surface area is 138 Å². The number of amides is 1. The molecule has 1 atom stereocenters. The van der Waals surface area contributed by atoms with Gasteiger partial charge in [0.05, 0.1) is 18.8 Å². The summed E-state index contributed by atoms with van der Waals surface area (Å²) in [5.41, 5.74) is 2.37. The highest BCUT2D eigenvalue weighted by molar-refractivity contribution is 5.67. The summed E-state index contributed by atoms with van der Waals surface area (Å²) in [6.45, 7) is 9.25. The predicted octanol–water partition coefficient (Wildman–Crippen LogP) is 2.23. The van der Waals surface area contributed by atoms with Gasteiger partial charge < -0.3 is 14.5 Å². The molecule has 0 N–H and O–H groups in total. The number of nitrogens with zero attached hydrogens (tertiary/aromatic N) is 4. The number of likely N-dealkylation sites (tertiary alicyclic amines) is 2. The number of carbonyl (C=O) groups excluding carboxylic acids is 1. The van der Waals surface area contributed by atoms with E-state index in [-0.39, 0.29) is 6.09 Å². The van der Waals surface area contributed by atoms with E-state index in [1.165, 1.54) is 19.2 Å². The fourth-order valence-electron chi connectivity index (χ4n) is 3.99. The normalized spacial score (nSPS) is 23.4. The Kier molecular flexibility index (Phi) is 4.90. The molecule has 2 fully saturated rings. The van der Waals surface area contributed by atoms with Gasteiger partial charge >= 0.3 is 6.09 Å². The lowest BCUT2D eigenvalue weighted by Gasteiger charge is -2.33. The highest BCUT2D eigenvalue weighted by Gasteiger charge is 2.29. The number of aryl methyl sites for hydroxylation is 2. The zero-order valence-corrected chi connectivity index (χ0v) is 14.5. The Balaban J connectivity index is 1.47. The van der Waals surface area contributed by atoms with Crippen LogP contribution in [0.25, 0.3) is 0 Å². The van der Waals surface area contributed by atoms with Gasteiger partial charge in [-0.05, 0) is 45.1 Å². The summed E-state index contributed by atoms with van der Waals surface area (Å²) in [6, 6.07) is 2.67. The van der Waals surface area contributed by atoms with E-state index in [1.807, 2.05) is 4.90 Å². The third-order valence-corrected chi connectivity index (χ3v) is 5.20. The minimum Gasteiger partial charge on any atom is -0.453 e. The monoisotopic (exact) mass is 320 g/mol. The molecule has 23 heavy (non-hydrogen) atoms. The van der Waals surface area contributed by atoms with Crippen molar-refractivity contribution in [2.24, 2.45) is 5.92 Å². The third kappa shape index (κ3) is 3.68. The van der Waals surface area contributed by atoms with Crippen LogP contribution in [0.3, 0.4) is 0 Å². The lowest BCUT2D eigenvalue weighted by molar-refractivity contribution is 0.0998. The molecule has 0 bridgehead atoms. The standard InChI is InChI=1S/C17H28N4O2/c1-13-10-14(2)21(18-13)16-6-7-19(12-16)11-15-4-8-20(9-5-15)17(22)23-3/h10,15-16H,4-9,11-12H2,1-3H3. The van der Waals surface area contributed by atoms with Crippen LogP contribution in [-0.4, -0.2) is 65.5 Å². The van der Waals surface area contributed by atoms with E-state index in [2.05, 4.69) is 34.6 Å². The van der Waals surface area contributed by atoms with Crippen molar-refractivity contribution >= 4 is 6.09 Å². The second-order valence-corrected chi connectivity index (χ2v) is 6.97. The van der Waals surface area contributed by atoms with Crippen molar-refractivity contribution in [1.29, 1.82) is 0 Å². The summed E-state index contributed by atoms with van der Waals surface area (Å²) >= 11 is 0. The molecule has 0 aliphatic carbocycles. The molecule has 2 saturated heterocycles. The molecule has 2 aliphatic rings. The molecule has 1 aromatic rings. The molecule has 0 saturated carbocycles. The third-order valence-electron chi connectivity index (χ3n) is 5.20. The molecule has 128 valence electrons. The van der Waals surface area contributed by atoms with Gasteiger partial charge in [-0.3, -0.25) is 4.68 Å². The highest BCUT2D eigenvalue weighted by atomic mass is 16.5. The second-order valence-electron chi connectivity index (χ2n) is 6.97. The Bertz CT molecular complexity index is 549. The SMILES string of the molecule is COC(=O)N1CCC(CN2CCC(n3nc(C)cc3C)C2)CC1. The second kappa shape index (κ2) is 6.91. The van der Waals surface area contributed by atoms with Gasteiger partial charge in [0.2, 0.25) is 0 Å². The number of hydrogen-bond donors (Lipinski definition) is 0. The van der Waals surface area contributed by atoms with Crippen molar-refractivity contribution in [3.8, 4) is 0 Å². The first-order valence-electron chi connectivity index (χ1n) is 8.65. The number of carbonyl (C=O) groups is 1. The summed E-state index contributed by atoms with van der Waals surface area (Å²) in [6.07, 6.45) is 3.16. The van der Waals surface area contributed by atoms with Crippen LogP contribution in [0.5, 0.6) is 0 Å². The van der Waals surface area contributed by atoms with Crippen molar-refractivity contribution in [3.05, 3.63) is 17.5 Å². The topological polar surface area (TPSA) is 50.6 Å². The number of aromatic nitrogens is 2. The number of ether oxygens (including phenoxy) is 1. The van der Waals surface area contributed by atoms with E-state index in [0.29, 0.717) is 12.0 Å². The minimum absolute atomic E-state index is 0.186. The van der Waals surface area contributed by atoms with Crippen molar-refractivity contribution in [3.63, 3.8) is 0 Å². The number of piperidine rings is 1. The van der Waals surface area contributed by atoms with Gasteiger partial charge in [0.1, 0.15) is 0 Å². The van der Waals surface area contributed by atoms with Crippen molar-refractivity contribution in [1.82, 2.24) is 19.6 Å². The van der Waals surface area contributed by atoms with Gasteiger partial charge in [-0.25, -0.2) is 4.79 Å². The van der Waals surface area contributed by atoms with Gasteiger partial charge in [0.25, 0.3) is 0 Å². The van der Waals surface area contributed by atoms with Crippen LogP contribution < -0.4 is 0 Å². The van der Waals surface area contributed by atoms with E-state index in [0.717, 1.165) is 51.3 Å². The van der Waals surface area contributed by atoms with Crippen LogP contribution in [-0.2, 0) is 4.74 Å². The Hall–Kier alpha value is -1.56. The first kappa shape index (κ1) is 16.3. The van der Waals surface area contributed by atoms with E-state index < -0.39 is 0 Å². The van der Waals surface area contributed by atoms with Crippen molar-refractivity contribution < 1.29 is 9.53 Å². The highest BCUT2D eigenvalue weighted by Crippen LogP contribution is 2.26. The Morgan fingerprint density at radius 2 is 2.00 bits per heavy atom. The van der Waals surface area contributed by atoms with Gasteiger partial charge in [-0.15, -0.1) is 0 Å². The van der Waals surface area contributed by atoms with Gasteiger partial charge in [-0.1, -0.05) is 0 Å². The molecule has 0 aromatic carbocycles. The number of rotatable bonds is 3. The molecule has 6 heteroatoms. The maximum absolute atomic E-state index is 11.5. The molecule has 0 radical (unpaired) electrons. The smallest absolute Gasteiger partial charge is 0.409 e. The Morgan fingerprint density at radius 3 is 2.61 bits per heavy atom. The molecular formula is C17H28N4O2. The molecule has 1 aromatic heterocycles. The quantitative estimate of drug-likeness (QED) is 0.857. The van der Waals surface area contributed by atoms with E-state index in [1.54, 1.807) is 0 Å². The minimum atomic E-state index is -0.186. The summed E-state index contributed by atoms with van der Waals surface area (Å²) in [4.78, 5) is 15.9. The van der Waals surface area contributed by atoms with Crippen LogP contribution >= 0.6 is 0 Å². The molecule has 3 heterocycles. The summed E-state index contributed by atoms with van der Waals surface area (Å²) in [5, 5.41) is 4.64. The molecule has 2 aliphatic heterocycles. The van der Waals surface area contributed by atoms with Crippen LogP contribution in [0.2, 0.25) is 0 Å². The molecule has 1 unspecified atom stereocenters. The molecule has 6 nitrogen and oxygen atoms in total. The predicted molar refractivity (Wildman–Crippen MR) is 88.5 cm³/mol. The number of methoxy groups -OCH3 is 1. The van der Waals surface area contributed by atoms with Crippen molar-refractivity contribution in [2.45, 2.75) is 39.2 Å². The Morgan fingerprint density at radius 1 is 1.26 bits per heavy atom. The lowest BCUT2D eigenvalue weighted by atomic mass is 9.96. The van der Waals surface area contributed by atoms with Crippen LogP contribution in [0.4, 0.5) is 4.79 Å². The van der Waals surface area contributed by atoms with E-state index in [9.17, 15) is 4.79 Å². The summed E-state index contributed by atoms with van der Waals surface area (Å²) < 4.78 is 7.01. The molecule has 0 spiro atoms. The number of hydrogen-bond acceptors (Lipinski definition) is 4. The van der Waals surface area contributed by atoms with E-state index in [4.69, 9.17) is 4.74 Å². The lowest BCUT2D eigenvalue weighted by Crippen LogP contribution is -2.41. The first-order valence-corrected chi connectivity index (χ1v) is 8.65. The average molecular weight is 320 g/mol. The summed E-state index contributed by atoms with van der Waals surface area (Å²) in [5.74, 6) is 0.690. The largest absolute Gasteiger partial charge is 0.453 e. The van der Waals surface area contributed by atoms with Gasteiger partial charge in [0, 0.05) is 38.4 Å². The molecular weight excluding hydrogens is 292 g/mol. The molecule has 1 amide bonds. The first-order chi connectivity index (χ1) is 11.1. The fourth-order valence-corrected chi connectivity index (χ4v) is 3.99. The maximum Gasteiger partial charge on any atom is 0.409 e. The fraction of sp³-hybridized carbons (Fsp3) is 0.765. The maximum atomic E-state index is 11.5. The van der Waals surface area contributed by atoms with Crippen LogP contribution in [0, 0.1) is 19.8 Å². The zero-order chi connectivity index (χ0) is 16.4.